The molecule has 2 N–H and O–H groups in total. The minimum Gasteiger partial charge on any atom is -0.475 e. The Morgan fingerprint density at radius 2 is 1.87 bits per heavy atom. The van der Waals surface area contributed by atoms with E-state index in [0.717, 1.165) is 38.3 Å². The van der Waals surface area contributed by atoms with Gasteiger partial charge in [-0.25, -0.2) is 17.9 Å². The van der Waals surface area contributed by atoms with Crippen molar-refractivity contribution in [2.75, 3.05) is 26.2 Å². The first-order chi connectivity index (χ1) is 14.5. The molecule has 11 heteroatoms. The van der Waals surface area contributed by atoms with E-state index in [1.54, 1.807) is 24.3 Å². The highest BCUT2D eigenvalue weighted by Gasteiger charge is 2.44. The molecule has 2 heterocycles. The minimum absolute atomic E-state index is 0.0372. The van der Waals surface area contributed by atoms with Gasteiger partial charge in [0.1, 0.15) is 0 Å². The van der Waals surface area contributed by atoms with E-state index in [9.17, 15) is 21.6 Å². The second-order valence-electron chi connectivity index (χ2n) is 8.39. The van der Waals surface area contributed by atoms with Gasteiger partial charge in [-0.1, -0.05) is 18.2 Å². The van der Waals surface area contributed by atoms with Crippen molar-refractivity contribution in [3.05, 3.63) is 30.3 Å². The van der Waals surface area contributed by atoms with Gasteiger partial charge in [0.25, 0.3) is 0 Å². The summed E-state index contributed by atoms with van der Waals surface area (Å²) in [6.45, 7) is 3.85. The van der Waals surface area contributed by atoms with E-state index in [-0.39, 0.29) is 11.6 Å². The number of likely N-dealkylation sites (tertiary alicyclic amines) is 1. The molecule has 1 saturated carbocycles. The molecule has 1 aromatic carbocycles. The molecule has 2 aliphatic heterocycles. The number of hydrogen-bond donors (Lipinski definition) is 2. The molecule has 1 aromatic rings. The van der Waals surface area contributed by atoms with Gasteiger partial charge in [0.15, 0.2) is 0 Å². The molecule has 3 aliphatic rings. The summed E-state index contributed by atoms with van der Waals surface area (Å²) in [5.41, 5.74) is -0.156. The van der Waals surface area contributed by atoms with E-state index >= 15 is 0 Å². The number of sulfonamides is 1. The number of nitrogens with one attached hydrogen (secondary N) is 1. The Hall–Kier alpha value is -1.69. The van der Waals surface area contributed by atoms with Crippen molar-refractivity contribution in [2.45, 2.75) is 54.8 Å². The van der Waals surface area contributed by atoms with Crippen LogP contribution >= 0.6 is 0 Å². The van der Waals surface area contributed by atoms with Crippen LogP contribution in [-0.4, -0.2) is 68.5 Å². The topological polar surface area (TPSA) is 95.9 Å². The van der Waals surface area contributed by atoms with Gasteiger partial charge >= 0.3 is 12.1 Å². The van der Waals surface area contributed by atoms with Crippen molar-refractivity contribution < 1.29 is 36.2 Å². The molecular formula is C20H27F3N2O5S. The predicted molar refractivity (Wildman–Crippen MR) is 106 cm³/mol. The summed E-state index contributed by atoms with van der Waals surface area (Å²) < 4.78 is 65.9. The van der Waals surface area contributed by atoms with Crippen LogP contribution in [0, 0.1) is 5.92 Å². The van der Waals surface area contributed by atoms with Gasteiger partial charge in [-0.2, -0.15) is 13.2 Å². The van der Waals surface area contributed by atoms with Gasteiger partial charge in [-0.3, -0.25) is 0 Å². The summed E-state index contributed by atoms with van der Waals surface area (Å²) >= 11 is 0. The zero-order valence-electron chi connectivity index (χ0n) is 17.0. The number of halogens is 3. The van der Waals surface area contributed by atoms with Gasteiger partial charge in [0.05, 0.1) is 10.5 Å². The number of ether oxygens (including phenoxy) is 1. The first-order valence-corrected chi connectivity index (χ1v) is 11.7. The van der Waals surface area contributed by atoms with Crippen LogP contribution in [-0.2, 0) is 19.6 Å². The van der Waals surface area contributed by atoms with Gasteiger partial charge < -0.3 is 14.7 Å². The molecule has 0 amide bonds. The largest absolute Gasteiger partial charge is 0.490 e. The van der Waals surface area contributed by atoms with Crippen molar-refractivity contribution >= 4 is 16.0 Å². The maximum absolute atomic E-state index is 12.6. The van der Waals surface area contributed by atoms with E-state index in [4.69, 9.17) is 14.6 Å². The lowest BCUT2D eigenvalue weighted by Crippen LogP contribution is -2.49. The smallest absolute Gasteiger partial charge is 0.475 e. The third kappa shape index (κ3) is 6.90. The molecule has 3 fully saturated rings. The molecule has 31 heavy (non-hydrogen) atoms. The van der Waals surface area contributed by atoms with Crippen LogP contribution in [0.4, 0.5) is 13.2 Å². The predicted octanol–water partition coefficient (Wildman–Crippen LogP) is 2.63. The fraction of sp³-hybridized carbons (Fsp3) is 0.650. The highest BCUT2D eigenvalue weighted by atomic mass is 32.2. The van der Waals surface area contributed by atoms with Crippen LogP contribution in [0.5, 0.6) is 0 Å². The highest BCUT2D eigenvalue weighted by Crippen LogP contribution is 2.37. The molecule has 2 saturated heterocycles. The number of aliphatic carboxylic acids is 1. The highest BCUT2D eigenvalue weighted by molar-refractivity contribution is 7.89. The van der Waals surface area contributed by atoms with Crippen LogP contribution in [0.3, 0.4) is 0 Å². The molecular weight excluding hydrogens is 437 g/mol. The number of carboxylic acid groups (broad SMARTS) is 1. The monoisotopic (exact) mass is 464 g/mol. The fourth-order valence-corrected chi connectivity index (χ4v) is 5.34. The van der Waals surface area contributed by atoms with Gasteiger partial charge in [-0.15, -0.1) is 0 Å². The van der Waals surface area contributed by atoms with E-state index < -0.39 is 22.2 Å². The number of hydrogen-bond acceptors (Lipinski definition) is 5. The van der Waals surface area contributed by atoms with Crippen molar-refractivity contribution in [2.24, 2.45) is 5.92 Å². The summed E-state index contributed by atoms with van der Waals surface area (Å²) in [6.07, 6.45) is 0.188. The van der Waals surface area contributed by atoms with Crippen LogP contribution in [0.15, 0.2) is 35.2 Å². The number of benzene rings is 1. The Kier molecular flexibility index (Phi) is 7.29. The Balaban J connectivity index is 0.000000339. The van der Waals surface area contributed by atoms with E-state index in [1.807, 2.05) is 6.07 Å². The van der Waals surface area contributed by atoms with Crippen molar-refractivity contribution in [1.82, 2.24) is 9.62 Å². The van der Waals surface area contributed by atoms with Gasteiger partial charge in [-0.05, 0) is 50.2 Å². The first kappa shape index (κ1) is 24.0. The second kappa shape index (κ2) is 9.43. The first-order valence-electron chi connectivity index (χ1n) is 10.2. The maximum atomic E-state index is 12.6. The van der Waals surface area contributed by atoms with Gasteiger partial charge in [0.2, 0.25) is 10.0 Å². The standard InChI is InChI=1S/C18H26N2O3S.C2HF3O2/c21-24(22,17-4-2-1-3-5-17)19-16-8-11-23-18(12-16)9-10-20(14-18)13-15-6-7-15;3-2(4,5)1(6)7/h1-5,15-16,19H,6-14H2;(H,6,7)/t16-,18-;/m1./s1. The third-order valence-corrected chi connectivity index (χ3v) is 7.26. The van der Waals surface area contributed by atoms with Crippen molar-refractivity contribution in [3.63, 3.8) is 0 Å². The van der Waals surface area contributed by atoms with E-state index in [0.29, 0.717) is 11.5 Å². The molecule has 0 unspecified atom stereocenters. The quantitative estimate of drug-likeness (QED) is 0.696. The molecule has 0 aromatic heterocycles. The molecule has 1 spiro atoms. The third-order valence-electron chi connectivity index (χ3n) is 5.72. The number of nitrogens with zero attached hydrogens (tertiary/aromatic N) is 1. The zero-order chi connectivity index (χ0) is 22.7. The summed E-state index contributed by atoms with van der Waals surface area (Å²) in [4.78, 5) is 11.7. The van der Waals surface area contributed by atoms with Crippen LogP contribution < -0.4 is 4.72 Å². The van der Waals surface area contributed by atoms with E-state index in [2.05, 4.69) is 9.62 Å². The lowest BCUT2D eigenvalue weighted by molar-refractivity contribution is -0.192. The van der Waals surface area contributed by atoms with Crippen molar-refractivity contribution in [3.8, 4) is 0 Å². The number of carboxylic acids is 1. The second-order valence-corrected chi connectivity index (χ2v) is 10.1. The molecule has 1 aliphatic carbocycles. The molecule has 0 radical (unpaired) electrons. The number of rotatable bonds is 5. The number of carbonyl (C=O) groups is 1. The van der Waals surface area contributed by atoms with E-state index in [1.165, 1.54) is 19.4 Å². The van der Waals surface area contributed by atoms with Gasteiger partial charge in [0, 0.05) is 32.3 Å². The Labute approximate surface area is 179 Å². The lowest BCUT2D eigenvalue weighted by Gasteiger charge is -2.38. The number of alkyl halides is 3. The summed E-state index contributed by atoms with van der Waals surface area (Å²) in [5, 5.41) is 7.12. The molecule has 4 rings (SSSR count). The average molecular weight is 465 g/mol. The average Bonchev–Trinajstić information content (AvgIpc) is 3.43. The molecule has 2 atom stereocenters. The Morgan fingerprint density at radius 3 is 2.45 bits per heavy atom. The summed E-state index contributed by atoms with van der Waals surface area (Å²) in [6, 6.07) is 8.59. The Bertz CT molecular complexity index is 861. The SMILES string of the molecule is O=C(O)C(F)(F)F.O=S(=O)(N[C@@H]1CCO[C@]2(CCN(CC3CC3)C2)C1)c1ccccc1. The van der Waals surface area contributed by atoms with Crippen LogP contribution in [0.1, 0.15) is 32.1 Å². The Morgan fingerprint density at radius 1 is 1.23 bits per heavy atom. The lowest BCUT2D eigenvalue weighted by atomic mass is 9.90. The normalized spacial score (nSPS) is 27.0. The summed E-state index contributed by atoms with van der Waals surface area (Å²) in [7, 11) is -3.45. The minimum atomic E-state index is -5.08. The fourth-order valence-electron chi connectivity index (χ4n) is 4.05. The van der Waals surface area contributed by atoms with Crippen molar-refractivity contribution in [1.29, 1.82) is 0 Å². The molecule has 0 bridgehead atoms. The zero-order valence-corrected chi connectivity index (χ0v) is 17.8. The van der Waals surface area contributed by atoms with Crippen LogP contribution in [0.2, 0.25) is 0 Å². The summed E-state index contributed by atoms with van der Waals surface area (Å²) in [5.74, 6) is -1.87. The van der Waals surface area contributed by atoms with Crippen LogP contribution in [0.25, 0.3) is 0 Å². The maximum Gasteiger partial charge on any atom is 0.490 e. The molecule has 174 valence electrons. The molecule has 7 nitrogen and oxygen atoms in total.